The Labute approximate surface area is 93.4 Å². The summed E-state index contributed by atoms with van der Waals surface area (Å²) in [6.45, 7) is 1.46. The van der Waals surface area contributed by atoms with E-state index in [4.69, 9.17) is 11.6 Å². The molecule has 0 radical (unpaired) electrons. The first-order valence-electron chi connectivity index (χ1n) is 4.75. The van der Waals surface area contributed by atoms with E-state index in [0.29, 0.717) is 10.6 Å². The van der Waals surface area contributed by atoms with Crippen LogP contribution in [-0.2, 0) is 6.42 Å². The number of hydrogen-bond acceptors (Lipinski definition) is 1. The predicted molar refractivity (Wildman–Crippen MR) is 58.6 cm³/mol. The average molecular weight is 234 g/mol. The monoisotopic (exact) mass is 233 g/mol. The molecule has 0 heterocycles. The first-order chi connectivity index (χ1) is 6.95. The fourth-order valence-corrected chi connectivity index (χ4v) is 1.50. The lowest BCUT2D eigenvalue weighted by molar-refractivity contribution is -0.0285. The van der Waals surface area contributed by atoms with Gasteiger partial charge in [-0.05, 0) is 31.7 Å². The van der Waals surface area contributed by atoms with E-state index in [9.17, 15) is 8.78 Å². The minimum absolute atomic E-state index is 0.296. The molecule has 15 heavy (non-hydrogen) atoms. The van der Waals surface area contributed by atoms with Gasteiger partial charge >= 0.3 is 0 Å². The molecule has 1 aromatic rings. The highest BCUT2D eigenvalue weighted by molar-refractivity contribution is 6.30. The summed E-state index contributed by atoms with van der Waals surface area (Å²) in [6, 6.07) is 5.72. The van der Waals surface area contributed by atoms with E-state index >= 15 is 0 Å². The Kier molecular flexibility index (Phi) is 4.05. The maximum Gasteiger partial charge on any atom is 0.266 e. The van der Waals surface area contributed by atoms with Gasteiger partial charge in [0.25, 0.3) is 5.92 Å². The van der Waals surface area contributed by atoms with Crippen LogP contribution in [0.5, 0.6) is 0 Å². The van der Waals surface area contributed by atoms with Crippen molar-refractivity contribution in [2.75, 3.05) is 7.05 Å². The zero-order valence-electron chi connectivity index (χ0n) is 8.73. The van der Waals surface area contributed by atoms with Crippen molar-refractivity contribution < 1.29 is 8.78 Å². The highest BCUT2D eigenvalue weighted by Crippen LogP contribution is 2.25. The molecule has 1 nitrogen and oxygen atoms in total. The number of nitrogens with one attached hydrogen (secondary N) is 1. The van der Waals surface area contributed by atoms with Gasteiger partial charge in [0.2, 0.25) is 0 Å². The van der Waals surface area contributed by atoms with Crippen molar-refractivity contribution in [3.8, 4) is 0 Å². The molecule has 0 saturated heterocycles. The van der Waals surface area contributed by atoms with Crippen LogP contribution in [0.3, 0.4) is 0 Å². The van der Waals surface area contributed by atoms with Gasteiger partial charge in [-0.2, -0.15) is 0 Å². The number of rotatable bonds is 4. The van der Waals surface area contributed by atoms with Gasteiger partial charge in [-0.3, -0.25) is 0 Å². The summed E-state index contributed by atoms with van der Waals surface area (Å²) in [5.41, 5.74) is 0.551. The van der Waals surface area contributed by atoms with Crippen molar-refractivity contribution in [3.63, 3.8) is 0 Å². The second-order valence-electron chi connectivity index (χ2n) is 3.58. The van der Waals surface area contributed by atoms with E-state index in [1.165, 1.54) is 14.0 Å². The second-order valence-corrected chi connectivity index (χ2v) is 4.01. The summed E-state index contributed by atoms with van der Waals surface area (Å²) in [6.07, 6.45) is -0.296. The van der Waals surface area contributed by atoms with Crippen molar-refractivity contribution in [1.82, 2.24) is 5.32 Å². The first kappa shape index (κ1) is 12.4. The van der Waals surface area contributed by atoms with Crippen LogP contribution in [0.1, 0.15) is 12.5 Å². The SMILES string of the molecule is CNC(C)C(F)(F)Cc1cccc(Cl)c1. The third kappa shape index (κ3) is 3.43. The van der Waals surface area contributed by atoms with Gasteiger partial charge in [0.1, 0.15) is 0 Å². The van der Waals surface area contributed by atoms with E-state index in [-0.39, 0.29) is 6.42 Å². The van der Waals surface area contributed by atoms with Gasteiger partial charge in [-0.1, -0.05) is 23.7 Å². The highest BCUT2D eigenvalue weighted by Gasteiger charge is 2.35. The van der Waals surface area contributed by atoms with Crippen molar-refractivity contribution in [3.05, 3.63) is 34.9 Å². The van der Waals surface area contributed by atoms with E-state index in [1.54, 1.807) is 24.3 Å². The molecule has 1 rings (SSSR count). The Hall–Kier alpha value is -0.670. The molecular weight excluding hydrogens is 220 g/mol. The maximum absolute atomic E-state index is 13.5. The lowest BCUT2D eigenvalue weighted by Crippen LogP contribution is -2.42. The van der Waals surface area contributed by atoms with Gasteiger partial charge in [0.15, 0.2) is 0 Å². The minimum Gasteiger partial charge on any atom is -0.312 e. The molecule has 1 atom stereocenters. The molecule has 0 spiro atoms. The largest absolute Gasteiger partial charge is 0.312 e. The van der Waals surface area contributed by atoms with Gasteiger partial charge in [-0.15, -0.1) is 0 Å². The van der Waals surface area contributed by atoms with Gasteiger partial charge in [0, 0.05) is 11.4 Å². The molecule has 4 heteroatoms. The average Bonchev–Trinajstić information content (AvgIpc) is 2.15. The predicted octanol–water partition coefficient (Wildman–Crippen LogP) is 3.13. The molecule has 0 aliphatic heterocycles. The van der Waals surface area contributed by atoms with Gasteiger partial charge < -0.3 is 5.32 Å². The van der Waals surface area contributed by atoms with Crippen LogP contribution >= 0.6 is 11.6 Å². The summed E-state index contributed by atoms with van der Waals surface area (Å²) < 4.78 is 27.1. The molecule has 0 aromatic heterocycles. The molecule has 0 fully saturated rings. The topological polar surface area (TPSA) is 12.0 Å². The summed E-state index contributed by atoms with van der Waals surface area (Å²) in [5, 5.41) is 3.04. The first-order valence-corrected chi connectivity index (χ1v) is 5.13. The molecule has 84 valence electrons. The zero-order valence-corrected chi connectivity index (χ0v) is 9.48. The van der Waals surface area contributed by atoms with Crippen molar-refractivity contribution in [2.45, 2.75) is 25.3 Å². The van der Waals surface area contributed by atoms with Crippen molar-refractivity contribution in [2.24, 2.45) is 0 Å². The summed E-state index contributed by atoms with van der Waals surface area (Å²) in [7, 11) is 1.52. The zero-order chi connectivity index (χ0) is 11.5. The van der Waals surface area contributed by atoms with Crippen molar-refractivity contribution in [1.29, 1.82) is 0 Å². The molecular formula is C11H14ClF2N. The Morgan fingerprint density at radius 2 is 2.13 bits per heavy atom. The standard InChI is InChI=1S/C11H14ClF2N/c1-8(15-2)11(13,14)7-9-4-3-5-10(12)6-9/h3-6,8,15H,7H2,1-2H3. The lowest BCUT2D eigenvalue weighted by Gasteiger charge is -2.23. The lowest BCUT2D eigenvalue weighted by atomic mass is 10.0. The van der Waals surface area contributed by atoms with E-state index < -0.39 is 12.0 Å². The van der Waals surface area contributed by atoms with Gasteiger partial charge in [-0.25, -0.2) is 8.78 Å². The molecule has 0 aliphatic carbocycles. The number of benzene rings is 1. The van der Waals surface area contributed by atoms with Crippen LogP contribution in [0.2, 0.25) is 5.02 Å². The smallest absolute Gasteiger partial charge is 0.266 e. The molecule has 0 saturated carbocycles. The van der Waals surface area contributed by atoms with Crippen LogP contribution < -0.4 is 5.32 Å². The van der Waals surface area contributed by atoms with E-state index in [0.717, 1.165) is 0 Å². The normalized spacial score (nSPS) is 13.9. The number of alkyl halides is 2. The Morgan fingerprint density at radius 1 is 1.47 bits per heavy atom. The van der Waals surface area contributed by atoms with Crippen LogP contribution in [0, 0.1) is 0 Å². The third-order valence-corrected chi connectivity index (χ3v) is 2.63. The molecule has 0 amide bonds. The Balaban J connectivity index is 2.77. The number of hydrogen-bond donors (Lipinski definition) is 1. The third-order valence-electron chi connectivity index (χ3n) is 2.40. The van der Waals surface area contributed by atoms with Gasteiger partial charge in [0.05, 0.1) is 6.04 Å². The molecule has 1 aromatic carbocycles. The fraction of sp³-hybridized carbons (Fsp3) is 0.455. The van der Waals surface area contributed by atoms with Crippen LogP contribution in [0.4, 0.5) is 8.78 Å². The van der Waals surface area contributed by atoms with Crippen LogP contribution in [-0.4, -0.2) is 19.0 Å². The van der Waals surface area contributed by atoms with Crippen LogP contribution in [0.25, 0.3) is 0 Å². The summed E-state index contributed by atoms with van der Waals surface area (Å²) in [5.74, 6) is -2.76. The minimum atomic E-state index is -2.76. The quantitative estimate of drug-likeness (QED) is 0.843. The Bertz CT molecular complexity index is 328. The highest BCUT2D eigenvalue weighted by atomic mass is 35.5. The Morgan fingerprint density at radius 3 is 2.67 bits per heavy atom. The second kappa shape index (κ2) is 4.90. The summed E-state index contributed by atoms with van der Waals surface area (Å²) in [4.78, 5) is 0. The molecule has 0 aliphatic rings. The maximum atomic E-state index is 13.5. The molecule has 0 bridgehead atoms. The van der Waals surface area contributed by atoms with Crippen molar-refractivity contribution >= 4 is 11.6 Å². The fourth-order valence-electron chi connectivity index (χ4n) is 1.28. The number of halogens is 3. The van der Waals surface area contributed by atoms with E-state index in [1.807, 2.05) is 0 Å². The van der Waals surface area contributed by atoms with E-state index in [2.05, 4.69) is 5.32 Å². The summed E-state index contributed by atoms with van der Waals surface area (Å²) >= 11 is 5.73. The molecule has 1 N–H and O–H groups in total. The molecule has 1 unspecified atom stereocenters. The van der Waals surface area contributed by atoms with Crippen LogP contribution in [0.15, 0.2) is 24.3 Å².